The van der Waals surface area contributed by atoms with Crippen LogP contribution in [0.2, 0.25) is 0 Å². The van der Waals surface area contributed by atoms with Crippen LogP contribution in [-0.2, 0) is 0 Å². The zero-order chi connectivity index (χ0) is 3.41. The maximum Gasteiger partial charge on any atom is 0.0455 e. The lowest BCUT2D eigenvalue weighted by Gasteiger charge is -1.45. The fourth-order valence-corrected chi connectivity index (χ4v) is 0. The summed E-state index contributed by atoms with van der Waals surface area (Å²) in [4.78, 5) is 0. The first-order chi connectivity index (χ1) is 1.91. The lowest BCUT2D eigenvalue weighted by Crippen LogP contribution is -1.43. The lowest BCUT2D eigenvalue weighted by molar-refractivity contribution is 1.52. The van der Waals surface area contributed by atoms with Gasteiger partial charge < -0.3 is 0 Å². The number of rotatable bonds is 0. The molecular weight excluding hydrogens is 50.0 g/mol. The molecule has 0 fully saturated rings. The highest BCUT2D eigenvalue weighted by atomic mass is 14.5. The first kappa shape index (κ1) is 3.54. The Morgan fingerprint density at radius 2 is 2.00 bits per heavy atom. The molecule has 0 aliphatic heterocycles. The molecule has 0 aromatic carbocycles. The van der Waals surface area contributed by atoms with Gasteiger partial charge in [-0.05, 0) is 6.92 Å². The number of hydrogen-bond donors (Lipinski definition) is 0. The van der Waals surface area contributed by atoms with Gasteiger partial charge in [-0.3, -0.25) is 0 Å². The molecule has 1 heteroatoms. The molecule has 3 radical (unpaired) electrons. The minimum absolute atomic E-state index is 0.889. The molecule has 0 aliphatic carbocycles. The highest BCUT2D eigenvalue weighted by Crippen LogP contribution is 1.48. The van der Waals surface area contributed by atoms with Crippen LogP contribution in [0.1, 0.15) is 0 Å². The van der Waals surface area contributed by atoms with Crippen molar-refractivity contribution in [2.45, 2.75) is 0 Å². The van der Waals surface area contributed by atoms with E-state index < -0.39 is 0 Å². The van der Waals surface area contributed by atoms with Gasteiger partial charge in [-0.1, -0.05) is 6.08 Å². The van der Waals surface area contributed by atoms with Gasteiger partial charge in [0, 0.05) is 6.20 Å². The molecule has 0 amide bonds. The van der Waals surface area contributed by atoms with E-state index >= 15 is 0 Å². The third kappa shape index (κ3) is 1.54. The molecule has 21 valence electrons. The van der Waals surface area contributed by atoms with Gasteiger partial charge in [0.05, 0.1) is 0 Å². The van der Waals surface area contributed by atoms with Crippen molar-refractivity contribution in [1.82, 2.24) is 5.73 Å². The van der Waals surface area contributed by atoms with E-state index in [-0.39, 0.29) is 0 Å². The van der Waals surface area contributed by atoms with Crippen LogP contribution in [0.15, 0.2) is 12.3 Å². The summed E-state index contributed by atoms with van der Waals surface area (Å²) in [5, 5.41) is 0. The Morgan fingerprint density at radius 1 is 1.75 bits per heavy atom. The number of hydrogen-bond acceptors (Lipinski definition) is 0. The molecule has 0 unspecified atom stereocenters. The molecule has 0 aromatic heterocycles. The summed E-state index contributed by atoms with van der Waals surface area (Å²) < 4.78 is 0. The predicted octanol–water partition coefficient (Wildman–Crippen LogP) is 0.403. The van der Waals surface area contributed by atoms with E-state index in [1.165, 1.54) is 6.08 Å². The van der Waals surface area contributed by atoms with Gasteiger partial charge in [0.25, 0.3) is 0 Å². The molecule has 1 nitrogen and oxygen atoms in total. The second-order valence-electron chi connectivity index (χ2n) is 0.385. The summed E-state index contributed by atoms with van der Waals surface area (Å²) in [5.41, 5.74) is 7.63. The van der Waals surface area contributed by atoms with Crippen molar-refractivity contribution in [3.63, 3.8) is 0 Å². The molecule has 0 saturated heterocycles. The molecule has 0 atom stereocenters. The third-order valence-corrected chi connectivity index (χ3v) is 0.105. The van der Waals surface area contributed by atoms with Crippen molar-refractivity contribution < 1.29 is 0 Å². The van der Waals surface area contributed by atoms with Gasteiger partial charge in [-0.25, -0.2) is 0 Å². The van der Waals surface area contributed by atoms with Gasteiger partial charge in [0.15, 0.2) is 0 Å². The van der Waals surface area contributed by atoms with Crippen LogP contribution < -0.4 is 5.73 Å². The van der Waals surface area contributed by atoms with Gasteiger partial charge in [0.1, 0.15) is 0 Å². The highest BCUT2D eigenvalue weighted by molar-refractivity contribution is 4.76. The van der Waals surface area contributed by atoms with Crippen LogP contribution in [-0.4, -0.2) is 0 Å². The van der Waals surface area contributed by atoms with Crippen LogP contribution in [0.4, 0.5) is 0 Å². The quantitative estimate of drug-likeness (QED) is 0.382. The average Bonchev–Trinajstić information content (AvgIpc) is 1.37. The minimum Gasteiger partial charge on any atom is -0.160 e. The zero-order valence-corrected chi connectivity index (χ0v) is 2.31. The highest BCUT2D eigenvalue weighted by Gasteiger charge is 1.38. The van der Waals surface area contributed by atoms with Crippen molar-refractivity contribution in [3.8, 4) is 0 Å². The van der Waals surface area contributed by atoms with Crippen LogP contribution >= 0.6 is 0 Å². The fourth-order valence-electron chi connectivity index (χ4n) is 0. The SMILES string of the molecule is [CH2]C=C[N]. The Kier molecular flexibility index (Phi) is 2.25. The largest absolute Gasteiger partial charge is 0.160 e. The normalized spacial score (nSPS) is 9.25. The summed E-state index contributed by atoms with van der Waals surface area (Å²) in [5.74, 6) is 0. The molecule has 0 heterocycles. The molecule has 0 saturated carbocycles. The summed E-state index contributed by atoms with van der Waals surface area (Å²) in [6, 6.07) is 0. The Balaban J connectivity index is 2.55. The van der Waals surface area contributed by atoms with E-state index in [1.54, 1.807) is 0 Å². The molecule has 4 heavy (non-hydrogen) atoms. The van der Waals surface area contributed by atoms with Crippen LogP contribution in [0.5, 0.6) is 0 Å². The third-order valence-electron chi connectivity index (χ3n) is 0.105. The standard InChI is InChI=1S/C3H4N/c1-2-3-4/h2-3H,1H2. The zero-order valence-electron chi connectivity index (χ0n) is 2.31. The molecule has 0 bridgehead atoms. The van der Waals surface area contributed by atoms with Crippen LogP contribution in [0.25, 0.3) is 0 Å². The van der Waals surface area contributed by atoms with Gasteiger partial charge >= 0.3 is 0 Å². The first-order valence-corrected chi connectivity index (χ1v) is 1.000. The molecular formula is C3H4N. The van der Waals surface area contributed by atoms with E-state index in [4.69, 9.17) is 5.73 Å². The van der Waals surface area contributed by atoms with E-state index in [0.29, 0.717) is 0 Å². The smallest absolute Gasteiger partial charge is 0.0455 e. The molecule has 0 rings (SSSR count). The maximum absolute atomic E-state index is 7.63. The molecule has 0 aliphatic rings. The van der Waals surface area contributed by atoms with E-state index in [2.05, 4.69) is 6.92 Å². The van der Waals surface area contributed by atoms with Gasteiger partial charge in [-0.15, -0.1) is 0 Å². The number of allylic oxidation sites excluding steroid dienone is 1. The second-order valence-corrected chi connectivity index (χ2v) is 0.385. The van der Waals surface area contributed by atoms with Gasteiger partial charge in [0.2, 0.25) is 0 Å². The summed E-state index contributed by atoms with van der Waals surface area (Å²) in [6.45, 7) is 3.17. The number of nitrogens with zero attached hydrogens (tertiary/aromatic N) is 1. The van der Waals surface area contributed by atoms with Crippen molar-refractivity contribution in [3.05, 3.63) is 19.2 Å². The summed E-state index contributed by atoms with van der Waals surface area (Å²) in [7, 11) is 0. The van der Waals surface area contributed by atoms with Crippen molar-refractivity contribution in [2.24, 2.45) is 0 Å². The predicted molar refractivity (Wildman–Crippen MR) is 16.6 cm³/mol. The fraction of sp³-hybridized carbons (Fsp3) is 0. The molecule has 0 N–H and O–H groups in total. The summed E-state index contributed by atoms with van der Waals surface area (Å²) >= 11 is 0. The maximum atomic E-state index is 7.63. The van der Waals surface area contributed by atoms with Crippen molar-refractivity contribution >= 4 is 0 Å². The second kappa shape index (κ2) is 2.54. The average molecular weight is 54.1 g/mol. The monoisotopic (exact) mass is 54.0 g/mol. The van der Waals surface area contributed by atoms with Crippen LogP contribution in [0, 0.1) is 6.92 Å². The Morgan fingerprint density at radius 3 is 2.00 bits per heavy atom. The van der Waals surface area contributed by atoms with Gasteiger partial charge in [-0.2, -0.15) is 5.73 Å². The van der Waals surface area contributed by atoms with E-state index in [9.17, 15) is 0 Å². The topological polar surface area (TPSA) is 22.3 Å². The van der Waals surface area contributed by atoms with Crippen molar-refractivity contribution in [1.29, 1.82) is 0 Å². The Hall–Kier alpha value is -0.460. The Bertz CT molecular complexity index is 18.5. The Labute approximate surface area is 26.1 Å². The summed E-state index contributed by atoms with van der Waals surface area (Å²) in [6.07, 6.45) is 2.19. The molecule has 0 spiro atoms. The van der Waals surface area contributed by atoms with E-state index in [0.717, 1.165) is 6.20 Å². The molecule has 0 aromatic rings. The lowest BCUT2D eigenvalue weighted by atomic mass is 10.7. The van der Waals surface area contributed by atoms with Crippen LogP contribution in [0.3, 0.4) is 0 Å². The first-order valence-electron chi connectivity index (χ1n) is 1.000. The minimum atomic E-state index is 0.889. The van der Waals surface area contributed by atoms with Crippen molar-refractivity contribution in [2.75, 3.05) is 0 Å². The van der Waals surface area contributed by atoms with E-state index in [1.807, 2.05) is 0 Å².